The Kier molecular flexibility index (Phi) is 6.58. The van der Waals surface area contributed by atoms with Gasteiger partial charge in [-0.05, 0) is 62.3 Å². The average Bonchev–Trinajstić information content (AvgIpc) is 3.35. The molecule has 1 saturated carbocycles. The number of nitrogens with zero attached hydrogens (tertiary/aromatic N) is 2. The molecule has 5 rings (SSSR count). The normalized spacial score (nSPS) is 19.9. The molecular formula is C26H31N3O3S. The maximum atomic E-state index is 12.8. The topological polar surface area (TPSA) is 79.4 Å². The number of fused-ring (bicyclic) bond motifs is 1. The molecule has 6 nitrogen and oxygen atoms in total. The van der Waals surface area contributed by atoms with Crippen molar-refractivity contribution in [2.75, 3.05) is 18.4 Å². The molecule has 0 bridgehead atoms. The molecule has 1 N–H and O–H groups in total. The summed E-state index contributed by atoms with van der Waals surface area (Å²) in [5.74, 6) is 0.849. The standard InChI is InChI=1S/C26H31N3O3S/c30-23-8-4-7-19-15-20(9-10-21(19)23)27-24(31)22-16-33-25(28-22)17-11-13-29(14-12-17)26(32)18-5-2-1-3-6-18/h9-10,15-18H,1-8,11-14H2,(H,27,31). The number of amides is 2. The molecule has 7 heteroatoms. The van der Waals surface area contributed by atoms with Gasteiger partial charge in [0.2, 0.25) is 5.91 Å². The second-order valence-electron chi connectivity index (χ2n) is 9.61. The van der Waals surface area contributed by atoms with Gasteiger partial charge in [0, 0.05) is 48.0 Å². The lowest BCUT2D eigenvalue weighted by molar-refractivity contribution is -0.137. The molecule has 0 unspecified atom stereocenters. The number of Topliss-reactive ketones (excluding diaryl/α,β-unsaturated/α-hetero) is 1. The predicted octanol–water partition coefficient (Wildman–Crippen LogP) is 5.20. The Morgan fingerprint density at radius 1 is 1.00 bits per heavy atom. The van der Waals surface area contributed by atoms with Crippen LogP contribution in [-0.4, -0.2) is 40.6 Å². The number of hydrogen-bond donors (Lipinski definition) is 1. The fourth-order valence-electron chi connectivity index (χ4n) is 5.45. The number of benzene rings is 1. The molecule has 2 fully saturated rings. The zero-order valence-corrected chi connectivity index (χ0v) is 19.8. The molecule has 33 heavy (non-hydrogen) atoms. The van der Waals surface area contributed by atoms with Gasteiger partial charge < -0.3 is 10.2 Å². The van der Waals surface area contributed by atoms with Gasteiger partial charge >= 0.3 is 0 Å². The first kappa shape index (κ1) is 22.3. The maximum absolute atomic E-state index is 12.8. The summed E-state index contributed by atoms with van der Waals surface area (Å²) in [6, 6.07) is 5.53. The molecule has 0 radical (unpaired) electrons. The fraction of sp³-hybridized carbons (Fsp3) is 0.538. The molecule has 1 aromatic heterocycles. The summed E-state index contributed by atoms with van der Waals surface area (Å²) >= 11 is 1.54. The predicted molar refractivity (Wildman–Crippen MR) is 129 cm³/mol. The highest BCUT2D eigenvalue weighted by Gasteiger charge is 2.30. The number of thiazole rings is 1. The van der Waals surface area contributed by atoms with Crippen LogP contribution in [0.4, 0.5) is 5.69 Å². The third kappa shape index (κ3) is 4.88. The minimum Gasteiger partial charge on any atom is -0.342 e. The highest BCUT2D eigenvalue weighted by atomic mass is 32.1. The van der Waals surface area contributed by atoms with E-state index in [0.29, 0.717) is 29.6 Å². The van der Waals surface area contributed by atoms with E-state index in [1.165, 1.54) is 30.6 Å². The summed E-state index contributed by atoms with van der Waals surface area (Å²) in [4.78, 5) is 44.3. The van der Waals surface area contributed by atoms with Crippen LogP contribution in [0.5, 0.6) is 0 Å². The lowest BCUT2D eigenvalue weighted by Gasteiger charge is -2.34. The average molecular weight is 466 g/mol. The summed E-state index contributed by atoms with van der Waals surface area (Å²) in [5.41, 5.74) is 2.93. The second kappa shape index (κ2) is 9.75. The van der Waals surface area contributed by atoms with Gasteiger partial charge in [0.25, 0.3) is 5.91 Å². The molecule has 2 aromatic rings. The molecule has 2 aliphatic carbocycles. The van der Waals surface area contributed by atoms with Crippen molar-refractivity contribution in [3.8, 4) is 0 Å². The van der Waals surface area contributed by atoms with E-state index in [0.717, 1.165) is 67.7 Å². The lowest BCUT2D eigenvalue weighted by Crippen LogP contribution is -2.41. The number of aryl methyl sites for hydroxylation is 1. The quantitative estimate of drug-likeness (QED) is 0.673. The highest BCUT2D eigenvalue weighted by Crippen LogP contribution is 2.33. The number of aromatic nitrogens is 1. The Morgan fingerprint density at radius 3 is 2.58 bits per heavy atom. The number of hydrogen-bond acceptors (Lipinski definition) is 5. The van der Waals surface area contributed by atoms with E-state index in [1.807, 2.05) is 17.5 Å². The second-order valence-corrected chi connectivity index (χ2v) is 10.5. The van der Waals surface area contributed by atoms with Crippen molar-refractivity contribution in [1.82, 2.24) is 9.88 Å². The molecule has 2 amide bonds. The van der Waals surface area contributed by atoms with Gasteiger partial charge in [-0.3, -0.25) is 14.4 Å². The Bertz CT molecular complexity index is 1050. The summed E-state index contributed by atoms with van der Waals surface area (Å²) < 4.78 is 0. The van der Waals surface area contributed by atoms with Gasteiger partial charge in [-0.2, -0.15) is 0 Å². The van der Waals surface area contributed by atoms with Crippen LogP contribution in [0, 0.1) is 5.92 Å². The van der Waals surface area contributed by atoms with Gasteiger partial charge in [0.1, 0.15) is 5.69 Å². The minimum absolute atomic E-state index is 0.185. The highest BCUT2D eigenvalue weighted by molar-refractivity contribution is 7.10. The summed E-state index contributed by atoms with van der Waals surface area (Å²) in [6.45, 7) is 1.57. The Balaban J connectivity index is 1.17. The fourth-order valence-corrected chi connectivity index (χ4v) is 6.42. The Labute approximate surface area is 198 Å². The van der Waals surface area contributed by atoms with E-state index in [9.17, 15) is 14.4 Å². The van der Waals surface area contributed by atoms with Gasteiger partial charge in [0.15, 0.2) is 5.78 Å². The van der Waals surface area contributed by atoms with Crippen LogP contribution >= 0.6 is 11.3 Å². The first-order chi connectivity index (χ1) is 16.1. The van der Waals surface area contributed by atoms with Crippen LogP contribution in [0.1, 0.15) is 95.1 Å². The van der Waals surface area contributed by atoms with E-state index in [1.54, 1.807) is 6.07 Å². The third-order valence-corrected chi connectivity index (χ3v) is 8.39. The van der Waals surface area contributed by atoms with Crippen molar-refractivity contribution in [2.24, 2.45) is 5.92 Å². The Hall–Kier alpha value is -2.54. The molecule has 3 aliphatic rings. The van der Waals surface area contributed by atoms with Gasteiger partial charge in [-0.1, -0.05) is 19.3 Å². The van der Waals surface area contributed by atoms with Crippen LogP contribution in [0.2, 0.25) is 0 Å². The lowest BCUT2D eigenvalue weighted by atomic mass is 9.87. The smallest absolute Gasteiger partial charge is 0.275 e. The van der Waals surface area contributed by atoms with E-state index in [2.05, 4.69) is 15.2 Å². The number of ketones is 1. The molecule has 2 heterocycles. The van der Waals surface area contributed by atoms with Crippen LogP contribution in [0.3, 0.4) is 0 Å². The first-order valence-corrected chi connectivity index (χ1v) is 13.2. The number of rotatable bonds is 4. The number of piperidine rings is 1. The molecule has 1 aliphatic heterocycles. The van der Waals surface area contributed by atoms with Crippen molar-refractivity contribution in [3.63, 3.8) is 0 Å². The molecular weight excluding hydrogens is 434 g/mol. The van der Waals surface area contributed by atoms with Crippen LogP contribution < -0.4 is 5.32 Å². The number of nitrogens with one attached hydrogen (secondary N) is 1. The largest absolute Gasteiger partial charge is 0.342 e. The van der Waals surface area contributed by atoms with Crippen LogP contribution in [0.15, 0.2) is 23.6 Å². The van der Waals surface area contributed by atoms with Gasteiger partial charge in [-0.15, -0.1) is 11.3 Å². The number of anilines is 1. The summed E-state index contributed by atoms with van der Waals surface area (Å²) in [7, 11) is 0. The zero-order chi connectivity index (χ0) is 22.8. The van der Waals surface area contributed by atoms with E-state index in [4.69, 9.17) is 0 Å². The number of carbonyl (C=O) groups is 3. The van der Waals surface area contributed by atoms with Crippen molar-refractivity contribution >= 4 is 34.6 Å². The van der Waals surface area contributed by atoms with Crippen LogP contribution in [0.25, 0.3) is 0 Å². The van der Waals surface area contributed by atoms with Gasteiger partial charge in [-0.25, -0.2) is 4.98 Å². The number of likely N-dealkylation sites (tertiary alicyclic amines) is 1. The van der Waals surface area contributed by atoms with Crippen molar-refractivity contribution in [2.45, 2.75) is 70.1 Å². The van der Waals surface area contributed by atoms with E-state index < -0.39 is 0 Å². The minimum atomic E-state index is -0.218. The maximum Gasteiger partial charge on any atom is 0.275 e. The summed E-state index contributed by atoms with van der Waals surface area (Å²) in [5, 5.41) is 5.75. The number of carbonyl (C=O) groups excluding carboxylic acids is 3. The van der Waals surface area contributed by atoms with E-state index >= 15 is 0 Å². The van der Waals surface area contributed by atoms with Gasteiger partial charge in [0.05, 0.1) is 5.01 Å². The Morgan fingerprint density at radius 2 is 1.79 bits per heavy atom. The van der Waals surface area contributed by atoms with Crippen molar-refractivity contribution < 1.29 is 14.4 Å². The van der Waals surface area contributed by atoms with Crippen molar-refractivity contribution in [1.29, 1.82) is 0 Å². The molecule has 0 spiro atoms. The molecule has 1 saturated heterocycles. The molecule has 174 valence electrons. The van der Waals surface area contributed by atoms with E-state index in [-0.39, 0.29) is 17.6 Å². The zero-order valence-electron chi connectivity index (χ0n) is 19.0. The van der Waals surface area contributed by atoms with Crippen molar-refractivity contribution in [3.05, 3.63) is 45.4 Å². The SMILES string of the molecule is O=C(Nc1ccc2c(c1)CCCC2=O)c1csc(C2CCN(C(=O)C3CCCCC3)CC2)n1. The van der Waals surface area contributed by atoms with Crippen LogP contribution in [-0.2, 0) is 11.2 Å². The molecule has 0 atom stereocenters. The third-order valence-electron chi connectivity index (χ3n) is 7.38. The summed E-state index contributed by atoms with van der Waals surface area (Å²) in [6.07, 6.45) is 9.87. The molecule has 1 aromatic carbocycles. The monoisotopic (exact) mass is 465 g/mol. The first-order valence-electron chi connectivity index (χ1n) is 12.3.